The lowest BCUT2D eigenvalue weighted by atomic mass is 9.97. The molecule has 2 heterocycles. The number of nitrogens with one attached hydrogen (secondary N) is 1. The molecule has 40 heavy (non-hydrogen) atoms. The van der Waals surface area contributed by atoms with Crippen LogP contribution in [0.4, 0.5) is 0 Å². The van der Waals surface area contributed by atoms with Gasteiger partial charge in [0.05, 0.1) is 17.3 Å². The molecule has 0 saturated carbocycles. The molecule has 0 spiro atoms. The Labute approximate surface area is 231 Å². The van der Waals surface area contributed by atoms with Gasteiger partial charge in [-0.05, 0) is 57.3 Å². The fourth-order valence-corrected chi connectivity index (χ4v) is 5.09. The van der Waals surface area contributed by atoms with Gasteiger partial charge in [-0.3, -0.25) is 9.20 Å². The van der Waals surface area contributed by atoms with E-state index in [0.717, 1.165) is 39.0 Å². The third kappa shape index (κ3) is 4.83. The zero-order valence-electron chi connectivity index (χ0n) is 21.9. The molecule has 6 rings (SSSR count). The van der Waals surface area contributed by atoms with Crippen LogP contribution in [0.15, 0.2) is 115 Å². The zero-order chi connectivity index (χ0) is 27.6. The van der Waals surface area contributed by atoms with Crippen LogP contribution in [0.3, 0.4) is 0 Å². The number of carbonyl (C=O) groups excluding carboxylic acids is 1. The van der Waals surface area contributed by atoms with Gasteiger partial charge in [-0.1, -0.05) is 91.9 Å². The Hall–Kier alpha value is -5.23. The molecule has 196 valence electrons. The quantitative estimate of drug-likeness (QED) is 0.237. The van der Waals surface area contributed by atoms with Crippen molar-refractivity contribution in [3.05, 3.63) is 144 Å². The van der Waals surface area contributed by atoms with Gasteiger partial charge in [-0.15, -0.1) is 0 Å². The van der Waals surface area contributed by atoms with Gasteiger partial charge < -0.3 is 10.4 Å². The zero-order valence-corrected chi connectivity index (χ0v) is 21.9. The van der Waals surface area contributed by atoms with E-state index in [1.807, 2.05) is 59.1 Å². The molecule has 1 atom stereocenters. The minimum absolute atomic E-state index is 0.0650. The molecule has 0 aliphatic carbocycles. The maximum atomic E-state index is 13.7. The van der Waals surface area contributed by atoms with Gasteiger partial charge >= 0.3 is 5.97 Å². The van der Waals surface area contributed by atoms with E-state index in [1.54, 1.807) is 12.1 Å². The Kier molecular flexibility index (Phi) is 6.58. The van der Waals surface area contributed by atoms with E-state index in [-0.39, 0.29) is 23.9 Å². The molecule has 2 aromatic heterocycles. The predicted molar refractivity (Wildman–Crippen MR) is 157 cm³/mol. The molecule has 1 amide bonds. The van der Waals surface area contributed by atoms with E-state index in [0.29, 0.717) is 5.69 Å². The number of hydrogen-bond donors (Lipinski definition) is 2. The highest BCUT2D eigenvalue weighted by molar-refractivity contribution is 5.95. The van der Waals surface area contributed by atoms with Crippen LogP contribution in [0.1, 0.15) is 50.6 Å². The van der Waals surface area contributed by atoms with E-state index in [1.165, 1.54) is 17.5 Å². The molecular formula is C34H27N3O3. The van der Waals surface area contributed by atoms with E-state index < -0.39 is 5.97 Å². The third-order valence-electron chi connectivity index (χ3n) is 7.31. The average molecular weight is 526 g/mol. The molecule has 4 aromatic carbocycles. The summed E-state index contributed by atoms with van der Waals surface area (Å²) >= 11 is 0. The maximum absolute atomic E-state index is 13.7. The van der Waals surface area contributed by atoms with Crippen molar-refractivity contribution in [2.45, 2.75) is 19.4 Å². The van der Waals surface area contributed by atoms with Gasteiger partial charge in [0, 0.05) is 12.5 Å². The van der Waals surface area contributed by atoms with Gasteiger partial charge in [0.25, 0.3) is 5.91 Å². The highest BCUT2D eigenvalue weighted by Crippen LogP contribution is 2.30. The Balaban J connectivity index is 1.40. The molecule has 6 aromatic rings. The van der Waals surface area contributed by atoms with Crippen molar-refractivity contribution in [3.8, 4) is 11.1 Å². The number of carboxylic acid groups (broad SMARTS) is 1. The molecule has 2 N–H and O–H groups in total. The smallest absolute Gasteiger partial charge is 0.335 e. The summed E-state index contributed by atoms with van der Waals surface area (Å²) in [5.74, 6) is -0.510. The molecular weight excluding hydrogens is 498 g/mol. The minimum atomic E-state index is -0.983. The number of aromatic nitrogens is 2. The number of rotatable bonds is 7. The van der Waals surface area contributed by atoms with Crippen LogP contribution < -0.4 is 5.32 Å². The first kappa shape index (κ1) is 25.1. The molecule has 6 heteroatoms. The van der Waals surface area contributed by atoms with Crippen LogP contribution in [0.5, 0.6) is 0 Å². The van der Waals surface area contributed by atoms with Crippen molar-refractivity contribution in [2.75, 3.05) is 0 Å². The number of aromatic carboxylic acids is 1. The Morgan fingerprint density at radius 3 is 2.30 bits per heavy atom. The average Bonchev–Trinajstić information content (AvgIpc) is 3.43. The first-order chi connectivity index (χ1) is 19.5. The summed E-state index contributed by atoms with van der Waals surface area (Å²) in [6, 6.07) is 35.1. The molecule has 6 nitrogen and oxygen atoms in total. The van der Waals surface area contributed by atoms with Gasteiger partial charge in [-0.25, -0.2) is 9.78 Å². The fourth-order valence-electron chi connectivity index (χ4n) is 5.09. The first-order valence-corrected chi connectivity index (χ1v) is 13.1. The van der Waals surface area contributed by atoms with Crippen LogP contribution >= 0.6 is 0 Å². The monoisotopic (exact) mass is 525 g/mol. The minimum Gasteiger partial charge on any atom is -0.478 e. The standard InChI is InChI=1S/C34H27N3O3/c1-22(27-16-15-25-9-5-6-10-28(25)17-27)32-35-21-30-18-29(24-7-3-2-4-8-24)19-31(37(30)32)33(38)36-20-23-11-13-26(14-12-23)34(39)40/h2-19,21-22H,20H2,1H3,(H,36,38)(H,39,40)/t22-/m1/s1. The Morgan fingerprint density at radius 2 is 1.55 bits per heavy atom. The number of amides is 1. The number of benzene rings is 4. The van der Waals surface area contributed by atoms with Gasteiger partial charge in [0.1, 0.15) is 11.5 Å². The lowest BCUT2D eigenvalue weighted by Crippen LogP contribution is -2.26. The summed E-state index contributed by atoms with van der Waals surface area (Å²) in [5, 5.41) is 14.5. The van der Waals surface area contributed by atoms with Crippen LogP contribution in [0.2, 0.25) is 0 Å². The Morgan fingerprint density at radius 1 is 0.825 bits per heavy atom. The molecule has 0 bridgehead atoms. The van der Waals surface area contributed by atoms with E-state index in [2.05, 4.69) is 48.6 Å². The second-order valence-electron chi connectivity index (χ2n) is 9.88. The number of nitrogens with zero attached hydrogens (tertiary/aromatic N) is 2. The largest absolute Gasteiger partial charge is 0.478 e. The van der Waals surface area contributed by atoms with Crippen molar-refractivity contribution in [1.82, 2.24) is 14.7 Å². The summed E-state index contributed by atoms with van der Waals surface area (Å²) in [7, 11) is 0. The lowest BCUT2D eigenvalue weighted by Gasteiger charge is -2.16. The molecule has 0 unspecified atom stereocenters. The topological polar surface area (TPSA) is 83.7 Å². The van der Waals surface area contributed by atoms with Gasteiger partial charge in [0.15, 0.2) is 0 Å². The summed E-state index contributed by atoms with van der Waals surface area (Å²) < 4.78 is 1.94. The van der Waals surface area contributed by atoms with Crippen molar-refractivity contribution in [2.24, 2.45) is 0 Å². The van der Waals surface area contributed by atoms with Crippen molar-refractivity contribution >= 4 is 28.2 Å². The van der Waals surface area contributed by atoms with Crippen LogP contribution in [-0.4, -0.2) is 26.4 Å². The van der Waals surface area contributed by atoms with E-state index in [4.69, 9.17) is 10.1 Å². The highest BCUT2D eigenvalue weighted by atomic mass is 16.4. The van der Waals surface area contributed by atoms with Crippen molar-refractivity contribution < 1.29 is 14.7 Å². The lowest BCUT2D eigenvalue weighted by molar-refractivity contribution is 0.0696. The van der Waals surface area contributed by atoms with Crippen LogP contribution in [0, 0.1) is 0 Å². The number of carbonyl (C=O) groups is 2. The number of imidazole rings is 1. The molecule has 0 aliphatic rings. The number of pyridine rings is 1. The molecule has 0 saturated heterocycles. The number of fused-ring (bicyclic) bond motifs is 2. The summed E-state index contributed by atoms with van der Waals surface area (Å²) in [6.45, 7) is 2.37. The van der Waals surface area contributed by atoms with Gasteiger partial charge in [-0.2, -0.15) is 0 Å². The molecule has 0 radical (unpaired) electrons. The SMILES string of the molecule is C[C@H](c1ccc2ccccc2c1)c1ncc2cc(-c3ccccc3)cc(C(=O)NCc3ccc(C(=O)O)cc3)n12. The normalized spacial score (nSPS) is 11.9. The third-order valence-corrected chi connectivity index (χ3v) is 7.31. The second kappa shape index (κ2) is 10.5. The van der Waals surface area contributed by atoms with E-state index in [9.17, 15) is 9.59 Å². The number of hydrogen-bond acceptors (Lipinski definition) is 3. The summed E-state index contributed by atoms with van der Waals surface area (Å²) in [6.07, 6.45) is 1.82. The number of carboxylic acids is 1. The molecule has 0 aliphatic heterocycles. The fraction of sp³-hybridized carbons (Fsp3) is 0.0882. The first-order valence-electron chi connectivity index (χ1n) is 13.1. The predicted octanol–water partition coefficient (Wildman–Crippen LogP) is 6.93. The van der Waals surface area contributed by atoms with Crippen LogP contribution in [-0.2, 0) is 6.54 Å². The molecule has 0 fully saturated rings. The second-order valence-corrected chi connectivity index (χ2v) is 9.88. The maximum Gasteiger partial charge on any atom is 0.335 e. The summed E-state index contributed by atoms with van der Waals surface area (Å²) in [4.78, 5) is 29.7. The van der Waals surface area contributed by atoms with E-state index >= 15 is 0 Å². The summed E-state index contributed by atoms with van der Waals surface area (Å²) in [5.41, 5.74) is 5.38. The highest BCUT2D eigenvalue weighted by Gasteiger charge is 2.21. The van der Waals surface area contributed by atoms with Crippen molar-refractivity contribution in [1.29, 1.82) is 0 Å². The van der Waals surface area contributed by atoms with Crippen LogP contribution in [0.25, 0.3) is 27.4 Å². The van der Waals surface area contributed by atoms with Crippen molar-refractivity contribution in [3.63, 3.8) is 0 Å². The van der Waals surface area contributed by atoms with Gasteiger partial charge in [0.2, 0.25) is 0 Å². The Bertz CT molecular complexity index is 1860.